The molecule has 1 heterocycles. The van der Waals surface area contributed by atoms with Crippen LogP contribution in [0.2, 0.25) is 0 Å². The summed E-state index contributed by atoms with van der Waals surface area (Å²) in [6.07, 6.45) is 2.33. The van der Waals surface area contributed by atoms with Crippen LogP contribution in [0.5, 0.6) is 11.5 Å². The molecule has 1 unspecified atom stereocenters. The van der Waals surface area contributed by atoms with Crippen LogP contribution < -0.4 is 14.8 Å². The summed E-state index contributed by atoms with van der Waals surface area (Å²) in [4.78, 5) is 12.5. The van der Waals surface area contributed by atoms with E-state index in [9.17, 15) is 13.2 Å². The van der Waals surface area contributed by atoms with Crippen LogP contribution in [0.1, 0.15) is 26.7 Å². The van der Waals surface area contributed by atoms with Crippen molar-refractivity contribution in [3.8, 4) is 11.5 Å². The van der Waals surface area contributed by atoms with Crippen LogP contribution in [-0.4, -0.2) is 50.7 Å². The Hall–Kier alpha value is -1.80. The number of benzene rings is 1. The third-order valence-electron chi connectivity index (χ3n) is 3.74. The number of amides is 1. The molecule has 1 aliphatic rings. The van der Waals surface area contributed by atoms with Gasteiger partial charge in [0.15, 0.2) is 11.5 Å². The fraction of sp³-hybridized carbons (Fsp3) is 0.562. The van der Waals surface area contributed by atoms with Crippen molar-refractivity contribution in [1.29, 1.82) is 0 Å². The first-order chi connectivity index (χ1) is 11.4. The Kier molecular flexibility index (Phi) is 6.06. The van der Waals surface area contributed by atoms with E-state index in [1.54, 1.807) is 18.2 Å². The van der Waals surface area contributed by atoms with E-state index in [2.05, 4.69) is 5.32 Å². The maximum atomic E-state index is 12.5. The highest BCUT2D eigenvalue weighted by atomic mass is 32.2. The summed E-state index contributed by atoms with van der Waals surface area (Å²) in [5.41, 5.74) is 0.548. The first-order valence-corrected chi connectivity index (χ1v) is 9.89. The lowest BCUT2D eigenvalue weighted by molar-refractivity contribution is -0.119. The van der Waals surface area contributed by atoms with Gasteiger partial charge >= 0.3 is 0 Å². The van der Waals surface area contributed by atoms with Gasteiger partial charge in [0, 0.05) is 18.3 Å². The minimum absolute atomic E-state index is 0.329. The van der Waals surface area contributed by atoms with Crippen molar-refractivity contribution in [2.45, 2.75) is 32.7 Å². The van der Waals surface area contributed by atoms with Gasteiger partial charge in [0.1, 0.15) is 6.04 Å². The van der Waals surface area contributed by atoms with Crippen LogP contribution in [0.3, 0.4) is 0 Å². The smallest absolute Gasteiger partial charge is 0.242 e. The Morgan fingerprint density at radius 1 is 1.25 bits per heavy atom. The van der Waals surface area contributed by atoms with E-state index < -0.39 is 16.1 Å². The van der Waals surface area contributed by atoms with Crippen LogP contribution in [0, 0.1) is 0 Å². The maximum absolute atomic E-state index is 12.5. The van der Waals surface area contributed by atoms with Crippen LogP contribution in [0.15, 0.2) is 18.2 Å². The van der Waals surface area contributed by atoms with E-state index in [0.29, 0.717) is 49.8 Å². The molecule has 7 nitrogen and oxygen atoms in total. The second-order valence-electron chi connectivity index (χ2n) is 5.55. The number of rotatable bonds is 7. The third-order valence-corrected chi connectivity index (χ3v) is 5.03. The number of nitrogens with zero attached hydrogens (tertiary/aromatic N) is 1. The van der Waals surface area contributed by atoms with E-state index in [1.165, 1.54) is 4.31 Å². The van der Waals surface area contributed by atoms with Crippen molar-refractivity contribution < 1.29 is 22.7 Å². The van der Waals surface area contributed by atoms with Gasteiger partial charge in [-0.3, -0.25) is 4.79 Å². The van der Waals surface area contributed by atoms with E-state index in [0.717, 1.165) is 6.26 Å². The van der Waals surface area contributed by atoms with E-state index in [4.69, 9.17) is 9.47 Å². The minimum Gasteiger partial charge on any atom is -0.490 e. The van der Waals surface area contributed by atoms with Gasteiger partial charge in [0.25, 0.3) is 0 Å². The summed E-state index contributed by atoms with van der Waals surface area (Å²) in [6.45, 7) is 5.11. The third kappa shape index (κ3) is 4.39. The van der Waals surface area contributed by atoms with Crippen LogP contribution in [0.25, 0.3) is 0 Å². The van der Waals surface area contributed by atoms with Gasteiger partial charge in [-0.25, -0.2) is 8.42 Å². The molecule has 0 aromatic heterocycles. The molecular weight excluding hydrogens is 332 g/mol. The topological polar surface area (TPSA) is 84.9 Å². The summed E-state index contributed by atoms with van der Waals surface area (Å²) >= 11 is 0. The number of hydrogen-bond donors (Lipinski definition) is 1. The molecule has 1 atom stereocenters. The van der Waals surface area contributed by atoms with Crippen molar-refractivity contribution in [1.82, 2.24) is 4.31 Å². The Morgan fingerprint density at radius 3 is 2.54 bits per heavy atom. The fourth-order valence-corrected chi connectivity index (χ4v) is 3.88. The Labute approximate surface area is 143 Å². The average Bonchev–Trinajstić information content (AvgIpc) is 3.00. The molecule has 134 valence electrons. The monoisotopic (exact) mass is 356 g/mol. The molecule has 0 bridgehead atoms. The molecule has 0 spiro atoms. The quantitative estimate of drug-likeness (QED) is 0.806. The lowest BCUT2D eigenvalue weighted by Crippen LogP contribution is -2.42. The van der Waals surface area contributed by atoms with Crippen molar-refractivity contribution in [3.63, 3.8) is 0 Å². The van der Waals surface area contributed by atoms with Gasteiger partial charge < -0.3 is 14.8 Å². The molecule has 0 radical (unpaired) electrons. The zero-order chi connectivity index (χ0) is 17.7. The van der Waals surface area contributed by atoms with E-state index in [1.807, 2.05) is 13.8 Å². The lowest BCUT2D eigenvalue weighted by atomic mass is 10.2. The molecule has 1 N–H and O–H groups in total. The summed E-state index contributed by atoms with van der Waals surface area (Å²) in [5, 5.41) is 2.77. The second-order valence-corrected chi connectivity index (χ2v) is 7.48. The highest BCUT2D eigenvalue weighted by molar-refractivity contribution is 7.88. The maximum Gasteiger partial charge on any atom is 0.242 e. The van der Waals surface area contributed by atoms with Crippen molar-refractivity contribution in [2.24, 2.45) is 0 Å². The number of anilines is 1. The second kappa shape index (κ2) is 7.85. The van der Waals surface area contributed by atoms with Gasteiger partial charge in [-0.15, -0.1) is 0 Å². The van der Waals surface area contributed by atoms with Crippen LogP contribution in [-0.2, 0) is 14.8 Å². The highest BCUT2D eigenvalue weighted by Crippen LogP contribution is 2.31. The zero-order valence-corrected chi connectivity index (χ0v) is 15.1. The molecule has 0 saturated carbocycles. The first-order valence-electron chi connectivity index (χ1n) is 8.04. The molecule has 24 heavy (non-hydrogen) atoms. The minimum atomic E-state index is -3.39. The fourth-order valence-electron chi connectivity index (χ4n) is 2.75. The lowest BCUT2D eigenvalue weighted by Gasteiger charge is -2.21. The Balaban J connectivity index is 2.15. The summed E-state index contributed by atoms with van der Waals surface area (Å²) in [6, 6.07) is 4.46. The predicted molar refractivity (Wildman–Crippen MR) is 92.0 cm³/mol. The van der Waals surface area contributed by atoms with Gasteiger partial charge in [0.2, 0.25) is 15.9 Å². The molecule has 1 fully saturated rings. The zero-order valence-electron chi connectivity index (χ0n) is 14.2. The Bertz CT molecular complexity index is 690. The van der Waals surface area contributed by atoms with Gasteiger partial charge in [0.05, 0.1) is 19.5 Å². The molecule has 1 saturated heterocycles. The number of carbonyl (C=O) groups excluding carboxylic acids is 1. The van der Waals surface area contributed by atoms with Crippen LogP contribution >= 0.6 is 0 Å². The molecule has 1 aliphatic heterocycles. The van der Waals surface area contributed by atoms with Crippen molar-refractivity contribution >= 4 is 21.6 Å². The molecule has 1 aromatic rings. The summed E-state index contributed by atoms with van der Waals surface area (Å²) in [7, 11) is -3.39. The van der Waals surface area contributed by atoms with Gasteiger partial charge in [-0.2, -0.15) is 4.31 Å². The molecule has 1 amide bonds. The molecule has 2 rings (SSSR count). The number of hydrogen-bond acceptors (Lipinski definition) is 5. The predicted octanol–water partition coefficient (Wildman–Crippen LogP) is 1.85. The first kappa shape index (κ1) is 18.5. The highest BCUT2D eigenvalue weighted by Gasteiger charge is 2.36. The summed E-state index contributed by atoms with van der Waals surface area (Å²) in [5.74, 6) is 0.823. The van der Waals surface area contributed by atoms with Crippen molar-refractivity contribution in [2.75, 3.05) is 31.3 Å². The largest absolute Gasteiger partial charge is 0.490 e. The van der Waals surface area contributed by atoms with E-state index >= 15 is 0 Å². The Morgan fingerprint density at radius 2 is 1.92 bits per heavy atom. The number of carbonyl (C=O) groups is 1. The van der Waals surface area contributed by atoms with Gasteiger partial charge in [-0.05, 0) is 38.8 Å². The van der Waals surface area contributed by atoms with E-state index in [-0.39, 0.29) is 5.91 Å². The molecular formula is C16H24N2O5S. The molecule has 1 aromatic carbocycles. The van der Waals surface area contributed by atoms with Crippen LogP contribution in [0.4, 0.5) is 5.69 Å². The van der Waals surface area contributed by atoms with Crippen molar-refractivity contribution in [3.05, 3.63) is 18.2 Å². The van der Waals surface area contributed by atoms with Gasteiger partial charge in [-0.1, -0.05) is 0 Å². The number of ether oxygens (including phenoxy) is 2. The SMILES string of the molecule is CCOc1ccc(NC(=O)C2CCCN2S(C)(=O)=O)cc1OCC. The average molecular weight is 356 g/mol. The number of sulfonamides is 1. The molecule has 0 aliphatic carbocycles. The summed E-state index contributed by atoms with van der Waals surface area (Å²) < 4.78 is 35.8. The number of nitrogens with one attached hydrogen (secondary N) is 1. The standard InChI is InChI=1S/C16H24N2O5S/c1-4-22-14-9-8-12(11-15(14)23-5-2)17-16(19)13-7-6-10-18(13)24(3,20)21/h8-9,11,13H,4-7,10H2,1-3H3,(H,17,19). The normalized spacial score (nSPS) is 18.4. The molecule has 8 heteroatoms.